The Balaban J connectivity index is 1.97. The largest absolute Gasteiger partial charge is 0.384 e. The Morgan fingerprint density at radius 1 is 1.29 bits per heavy atom. The van der Waals surface area contributed by atoms with Crippen LogP contribution in [0.2, 0.25) is 0 Å². The number of ketones is 1. The second-order valence-corrected chi connectivity index (χ2v) is 5.44. The van der Waals surface area contributed by atoms with Crippen LogP contribution in [0.4, 0.5) is 5.69 Å². The first-order chi connectivity index (χ1) is 8.24. The molecule has 86 valence electrons. The fourth-order valence-electron chi connectivity index (χ4n) is 2.18. The Kier molecular flexibility index (Phi) is 2.48. The van der Waals surface area contributed by atoms with Gasteiger partial charge in [-0.1, -0.05) is 0 Å². The van der Waals surface area contributed by atoms with Gasteiger partial charge in [0, 0.05) is 33.6 Å². The van der Waals surface area contributed by atoms with E-state index in [2.05, 4.69) is 5.32 Å². The quantitative estimate of drug-likeness (QED) is 0.820. The maximum Gasteiger partial charge on any atom is 0.193 e. The number of rotatable bonds is 2. The Hall–Kier alpha value is -1.61. The van der Waals surface area contributed by atoms with Crippen molar-refractivity contribution < 1.29 is 4.79 Å². The molecule has 0 bridgehead atoms. The molecule has 3 rings (SSSR count). The number of carbonyl (C=O) groups is 1. The van der Waals surface area contributed by atoms with E-state index >= 15 is 0 Å². The standard InChI is InChI=1S/C14H13NOS/c1-9-6-12(8-17-9)14(16)11-2-3-13-10(7-11)4-5-15-13/h2-3,6-8,15H,4-5H2,1H3. The van der Waals surface area contributed by atoms with Crippen LogP contribution in [0.3, 0.4) is 0 Å². The number of benzene rings is 1. The molecule has 0 spiro atoms. The Morgan fingerprint density at radius 2 is 2.18 bits per heavy atom. The molecule has 2 nitrogen and oxygen atoms in total. The fraction of sp³-hybridized carbons (Fsp3) is 0.214. The van der Waals surface area contributed by atoms with Gasteiger partial charge < -0.3 is 5.32 Å². The third-order valence-electron chi connectivity index (χ3n) is 3.07. The number of fused-ring (bicyclic) bond motifs is 1. The monoisotopic (exact) mass is 243 g/mol. The summed E-state index contributed by atoms with van der Waals surface area (Å²) >= 11 is 1.62. The van der Waals surface area contributed by atoms with Gasteiger partial charge in [0.25, 0.3) is 0 Å². The molecule has 0 radical (unpaired) electrons. The van der Waals surface area contributed by atoms with Crippen molar-refractivity contribution >= 4 is 22.8 Å². The highest BCUT2D eigenvalue weighted by atomic mass is 32.1. The van der Waals surface area contributed by atoms with Gasteiger partial charge in [0.05, 0.1) is 0 Å². The van der Waals surface area contributed by atoms with Crippen LogP contribution in [0, 0.1) is 6.92 Å². The predicted molar refractivity (Wildman–Crippen MR) is 71.1 cm³/mol. The van der Waals surface area contributed by atoms with Gasteiger partial charge in [0.2, 0.25) is 0 Å². The van der Waals surface area contributed by atoms with Crippen LogP contribution >= 0.6 is 11.3 Å². The molecule has 0 fully saturated rings. The summed E-state index contributed by atoms with van der Waals surface area (Å²) in [6.45, 7) is 3.00. The van der Waals surface area contributed by atoms with Crippen molar-refractivity contribution in [3.8, 4) is 0 Å². The minimum absolute atomic E-state index is 0.129. The molecule has 0 amide bonds. The first-order valence-electron chi connectivity index (χ1n) is 5.71. The summed E-state index contributed by atoms with van der Waals surface area (Å²) in [7, 11) is 0. The van der Waals surface area contributed by atoms with Gasteiger partial charge in [0.1, 0.15) is 0 Å². The highest BCUT2D eigenvalue weighted by Gasteiger charge is 2.15. The molecule has 1 N–H and O–H groups in total. The number of aryl methyl sites for hydroxylation is 1. The van der Waals surface area contributed by atoms with Crippen LogP contribution in [0.5, 0.6) is 0 Å². The lowest BCUT2D eigenvalue weighted by Crippen LogP contribution is -2.00. The number of carbonyl (C=O) groups excluding carboxylic acids is 1. The average Bonchev–Trinajstić information content (AvgIpc) is 2.95. The first-order valence-corrected chi connectivity index (χ1v) is 6.58. The van der Waals surface area contributed by atoms with E-state index in [1.54, 1.807) is 11.3 Å². The molecule has 1 aromatic carbocycles. The van der Waals surface area contributed by atoms with E-state index in [1.807, 2.05) is 36.6 Å². The van der Waals surface area contributed by atoms with Crippen molar-refractivity contribution in [2.24, 2.45) is 0 Å². The van der Waals surface area contributed by atoms with E-state index in [0.29, 0.717) is 0 Å². The Bertz CT molecular complexity index is 586. The summed E-state index contributed by atoms with van der Waals surface area (Å²) < 4.78 is 0. The molecular formula is C14H13NOS. The zero-order valence-electron chi connectivity index (χ0n) is 9.62. The van der Waals surface area contributed by atoms with Gasteiger partial charge >= 0.3 is 0 Å². The van der Waals surface area contributed by atoms with Gasteiger partial charge in [-0.2, -0.15) is 0 Å². The maximum atomic E-state index is 12.2. The number of hydrogen-bond acceptors (Lipinski definition) is 3. The predicted octanol–water partition coefficient (Wildman–Crippen LogP) is 3.26. The highest BCUT2D eigenvalue weighted by Crippen LogP contribution is 2.25. The van der Waals surface area contributed by atoms with E-state index in [0.717, 1.165) is 24.1 Å². The minimum Gasteiger partial charge on any atom is -0.384 e. The molecule has 1 aromatic heterocycles. The summed E-state index contributed by atoms with van der Waals surface area (Å²) in [5.74, 6) is 0.129. The normalized spacial score (nSPS) is 13.2. The molecule has 0 atom stereocenters. The zero-order valence-corrected chi connectivity index (χ0v) is 10.4. The van der Waals surface area contributed by atoms with Crippen LogP contribution < -0.4 is 5.32 Å². The van der Waals surface area contributed by atoms with Gasteiger partial charge in [-0.05, 0) is 43.2 Å². The molecule has 2 aromatic rings. The molecule has 3 heteroatoms. The van der Waals surface area contributed by atoms with Crippen LogP contribution in [0.15, 0.2) is 29.6 Å². The third kappa shape index (κ3) is 1.87. The topological polar surface area (TPSA) is 29.1 Å². The molecule has 0 aliphatic carbocycles. The van der Waals surface area contributed by atoms with Gasteiger partial charge in [-0.3, -0.25) is 4.79 Å². The second kappa shape index (κ2) is 4.00. The van der Waals surface area contributed by atoms with Gasteiger partial charge in [0.15, 0.2) is 5.78 Å². The highest BCUT2D eigenvalue weighted by molar-refractivity contribution is 7.10. The van der Waals surface area contributed by atoms with Crippen LogP contribution in [0.1, 0.15) is 26.4 Å². The number of hydrogen-bond donors (Lipinski definition) is 1. The molecule has 17 heavy (non-hydrogen) atoms. The SMILES string of the molecule is Cc1cc(C(=O)c2ccc3c(c2)CCN3)cs1. The van der Waals surface area contributed by atoms with Crippen molar-refractivity contribution in [1.82, 2.24) is 0 Å². The summed E-state index contributed by atoms with van der Waals surface area (Å²) in [6, 6.07) is 7.89. The van der Waals surface area contributed by atoms with E-state index in [9.17, 15) is 4.79 Å². The average molecular weight is 243 g/mol. The number of thiophene rings is 1. The molecule has 0 unspecified atom stereocenters. The van der Waals surface area contributed by atoms with Crippen molar-refractivity contribution in [1.29, 1.82) is 0 Å². The summed E-state index contributed by atoms with van der Waals surface area (Å²) in [5, 5.41) is 5.23. The molecule has 0 saturated heterocycles. The molecular weight excluding hydrogens is 230 g/mol. The maximum absolute atomic E-state index is 12.2. The van der Waals surface area contributed by atoms with Crippen LogP contribution in [-0.2, 0) is 6.42 Å². The smallest absolute Gasteiger partial charge is 0.193 e. The van der Waals surface area contributed by atoms with Crippen molar-refractivity contribution in [3.05, 3.63) is 51.2 Å². The Labute approximate surface area is 104 Å². The lowest BCUT2D eigenvalue weighted by atomic mass is 10.0. The Morgan fingerprint density at radius 3 is 2.94 bits per heavy atom. The van der Waals surface area contributed by atoms with E-state index in [-0.39, 0.29) is 5.78 Å². The molecule has 2 heterocycles. The lowest BCUT2D eigenvalue weighted by Gasteiger charge is -2.02. The van der Waals surface area contributed by atoms with Crippen molar-refractivity contribution in [2.75, 3.05) is 11.9 Å². The third-order valence-corrected chi connectivity index (χ3v) is 3.93. The summed E-state index contributed by atoms with van der Waals surface area (Å²) in [6.07, 6.45) is 1.01. The first kappa shape index (κ1) is 10.5. The fourth-order valence-corrected chi connectivity index (χ4v) is 2.86. The van der Waals surface area contributed by atoms with Crippen molar-refractivity contribution in [2.45, 2.75) is 13.3 Å². The van der Waals surface area contributed by atoms with Crippen LogP contribution in [0.25, 0.3) is 0 Å². The minimum atomic E-state index is 0.129. The lowest BCUT2D eigenvalue weighted by molar-refractivity contribution is 0.103. The van der Waals surface area contributed by atoms with Crippen molar-refractivity contribution in [3.63, 3.8) is 0 Å². The van der Waals surface area contributed by atoms with Gasteiger partial charge in [-0.25, -0.2) is 0 Å². The van der Waals surface area contributed by atoms with E-state index in [4.69, 9.17) is 0 Å². The molecule has 1 aliphatic rings. The van der Waals surface area contributed by atoms with E-state index in [1.165, 1.54) is 16.1 Å². The van der Waals surface area contributed by atoms with Gasteiger partial charge in [-0.15, -0.1) is 11.3 Å². The molecule has 1 aliphatic heterocycles. The molecule has 0 saturated carbocycles. The summed E-state index contributed by atoms with van der Waals surface area (Å²) in [5.41, 5.74) is 4.02. The summed E-state index contributed by atoms with van der Waals surface area (Å²) in [4.78, 5) is 13.4. The van der Waals surface area contributed by atoms with Crippen LogP contribution in [-0.4, -0.2) is 12.3 Å². The second-order valence-electron chi connectivity index (χ2n) is 4.32. The number of anilines is 1. The number of nitrogens with one attached hydrogen (secondary N) is 1. The van der Waals surface area contributed by atoms with E-state index < -0.39 is 0 Å². The zero-order chi connectivity index (χ0) is 11.8.